The SMILES string of the molecule is COc1ccc(N2C(=O)CC[C@@H](C(=O)N3CCCCC3)[C@H]2c2ccccc2)cc1. The molecule has 2 aromatic rings. The Hall–Kier alpha value is -2.82. The van der Waals surface area contributed by atoms with Gasteiger partial charge in [-0.15, -0.1) is 0 Å². The predicted octanol–water partition coefficient (Wildman–Crippen LogP) is 4.19. The van der Waals surface area contributed by atoms with Crippen molar-refractivity contribution in [2.24, 2.45) is 5.92 Å². The number of anilines is 1. The third-order valence-corrected chi connectivity index (χ3v) is 6.07. The lowest BCUT2D eigenvalue weighted by Gasteiger charge is -2.43. The molecule has 2 atom stereocenters. The largest absolute Gasteiger partial charge is 0.497 e. The first-order valence-corrected chi connectivity index (χ1v) is 10.5. The average molecular weight is 392 g/mol. The van der Waals surface area contributed by atoms with Crippen LogP contribution in [0.3, 0.4) is 0 Å². The average Bonchev–Trinajstić information content (AvgIpc) is 2.79. The van der Waals surface area contributed by atoms with Gasteiger partial charge in [-0.3, -0.25) is 9.59 Å². The van der Waals surface area contributed by atoms with Crippen molar-refractivity contribution in [1.82, 2.24) is 4.90 Å². The molecule has 29 heavy (non-hydrogen) atoms. The first-order valence-electron chi connectivity index (χ1n) is 10.5. The zero-order valence-electron chi connectivity index (χ0n) is 16.9. The molecule has 2 aliphatic rings. The summed E-state index contributed by atoms with van der Waals surface area (Å²) in [6.07, 6.45) is 4.30. The molecule has 4 rings (SSSR count). The second-order valence-electron chi connectivity index (χ2n) is 7.85. The van der Waals surface area contributed by atoms with Crippen LogP contribution >= 0.6 is 0 Å². The molecule has 0 saturated carbocycles. The lowest BCUT2D eigenvalue weighted by Crippen LogP contribution is -2.50. The second-order valence-corrected chi connectivity index (χ2v) is 7.85. The molecule has 152 valence electrons. The molecule has 2 aromatic carbocycles. The third kappa shape index (κ3) is 4.00. The Labute approximate surface area is 172 Å². The summed E-state index contributed by atoms with van der Waals surface area (Å²) in [5.74, 6) is 0.766. The van der Waals surface area contributed by atoms with E-state index in [4.69, 9.17) is 4.74 Å². The van der Waals surface area contributed by atoms with E-state index in [1.807, 2.05) is 64.4 Å². The van der Waals surface area contributed by atoms with Crippen molar-refractivity contribution in [1.29, 1.82) is 0 Å². The highest BCUT2D eigenvalue weighted by Crippen LogP contribution is 2.41. The van der Waals surface area contributed by atoms with Gasteiger partial charge in [-0.25, -0.2) is 0 Å². The van der Waals surface area contributed by atoms with Gasteiger partial charge in [0, 0.05) is 25.2 Å². The van der Waals surface area contributed by atoms with E-state index in [9.17, 15) is 9.59 Å². The summed E-state index contributed by atoms with van der Waals surface area (Å²) in [6.45, 7) is 1.65. The molecule has 0 bridgehead atoms. The number of amides is 2. The summed E-state index contributed by atoms with van der Waals surface area (Å²) in [5.41, 5.74) is 1.81. The molecule has 0 unspecified atom stereocenters. The van der Waals surface area contributed by atoms with E-state index >= 15 is 0 Å². The van der Waals surface area contributed by atoms with Crippen molar-refractivity contribution in [3.05, 3.63) is 60.2 Å². The molecule has 2 fully saturated rings. The van der Waals surface area contributed by atoms with Crippen LogP contribution in [0.2, 0.25) is 0 Å². The fourth-order valence-corrected chi connectivity index (χ4v) is 4.58. The predicted molar refractivity (Wildman–Crippen MR) is 113 cm³/mol. The molecular weight excluding hydrogens is 364 g/mol. The molecule has 5 heteroatoms. The van der Waals surface area contributed by atoms with Gasteiger partial charge in [0.05, 0.1) is 19.1 Å². The standard InChI is InChI=1S/C24H28N2O3/c1-29-20-12-10-19(11-13-20)26-22(27)15-14-21(23(26)18-8-4-2-5-9-18)24(28)25-16-6-3-7-17-25/h2,4-5,8-13,21,23H,3,6-7,14-17H2,1H3/t21-,23-/m1/s1. The number of nitrogens with zero attached hydrogens (tertiary/aromatic N) is 2. The fraction of sp³-hybridized carbons (Fsp3) is 0.417. The van der Waals surface area contributed by atoms with Crippen molar-refractivity contribution in [3.8, 4) is 5.75 Å². The van der Waals surface area contributed by atoms with Crippen LogP contribution in [0, 0.1) is 5.92 Å². The van der Waals surface area contributed by atoms with E-state index in [1.54, 1.807) is 7.11 Å². The Morgan fingerprint density at radius 2 is 1.66 bits per heavy atom. The minimum Gasteiger partial charge on any atom is -0.497 e. The number of methoxy groups -OCH3 is 1. The van der Waals surface area contributed by atoms with E-state index in [0.29, 0.717) is 12.8 Å². The summed E-state index contributed by atoms with van der Waals surface area (Å²) >= 11 is 0. The Kier molecular flexibility index (Phi) is 5.84. The number of piperidine rings is 2. The first-order chi connectivity index (χ1) is 14.2. The number of ether oxygens (including phenoxy) is 1. The topological polar surface area (TPSA) is 49.9 Å². The molecular formula is C24H28N2O3. The molecule has 0 radical (unpaired) electrons. The number of likely N-dealkylation sites (tertiary alicyclic amines) is 1. The van der Waals surface area contributed by atoms with E-state index in [2.05, 4.69) is 0 Å². The lowest BCUT2D eigenvalue weighted by atomic mass is 9.82. The third-order valence-electron chi connectivity index (χ3n) is 6.07. The molecule has 0 N–H and O–H groups in total. The first kappa shape index (κ1) is 19.5. The zero-order chi connectivity index (χ0) is 20.2. The summed E-state index contributed by atoms with van der Waals surface area (Å²) in [7, 11) is 1.63. The van der Waals surface area contributed by atoms with E-state index in [0.717, 1.165) is 42.9 Å². The molecule has 0 spiro atoms. The van der Waals surface area contributed by atoms with Crippen LogP contribution in [0.5, 0.6) is 5.75 Å². The minimum atomic E-state index is -0.291. The van der Waals surface area contributed by atoms with Crippen LogP contribution in [0.25, 0.3) is 0 Å². The van der Waals surface area contributed by atoms with Crippen LogP contribution in [-0.2, 0) is 9.59 Å². The summed E-state index contributed by atoms with van der Waals surface area (Å²) in [5, 5.41) is 0. The second kappa shape index (κ2) is 8.68. The summed E-state index contributed by atoms with van der Waals surface area (Å²) in [6, 6.07) is 17.2. The highest BCUT2D eigenvalue weighted by atomic mass is 16.5. The van der Waals surface area contributed by atoms with Crippen molar-refractivity contribution >= 4 is 17.5 Å². The van der Waals surface area contributed by atoms with Gasteiger partial charge in [0.1, 0.15) is 5.75 Å². The van der Waals surface area contributed by atoms with Crippen LogP contribution in [0.4, 0.5) is 5.69 Å². The Morgan fingerprint density at radius 3 is 2.31 bits per heavy atom. The van der Waals surface area contributed by atoms with Crippen molar-refractivity contribution < 1.29 is 14.3 Å². The fourth-order valence-electron chi connectivity index (χ4n) is 4.58. The van der Waals surface area contributed by atoms with Crippen LogP contribution in [0.15, 0.2) is 54.6 Å². The molecule has 2 amide bonds. The van der Waals surface area contributed by atoms with Gasteiger partial charge in [0.25, 0.3) is 0 Å². The Bertz CT molecular complexity index is 844. The number of carbonyl (C=O) groups is 2. The van der Waals surface area contributed by atoms with Gasteiger partial charge in [-0.2, -0.15) is 0 Å². The smallest absolute Gasteiger partial charge is 0.228 e. The number of hydrogen-bond acceptors (Lipinski definition) is 3. The Morgan fingerprint density at radius 1 is 0.966 bits per heavy atom. The number of carbonyl (C=O) groups excluding carboxylic acids is 2. The highest BCUT2D eigenvalue weighted by Gasteiger charge is 2.42. The monoisotopic (exact) mass is 392 g/mol. The van der Waals surface area contributed by atoms with E-state index in [1.165, 1.54) is 6.42 Å². The number of benzene rings is 2. The normalized spacial score (nSPS) is 22.4. The molecule has 2 heterocycles. The van der Waals surface area contributed by atoms with Gasteiger partial charge in [0.15, 0.2) is 0 Å². The van der Waals surface area contributed by atoms with Gasteiger partial charge in [-0.1, -0.05) is 30.3 Å². The van der Waals surface area contributed by atoms with Crippen molar-refractivity contribution in [2.45, 2.75) is 38.1 Å². The molecule has 2 aliphatic heterocycles. The quantitative estimate of drug-likeness (QED) is 0.784. The summed E-state index contributed by atoms with van der Waals surface area (Å²) < 4.78 is 5.27. The van der Waals surface area contributed by atoms with Crippen molar-refractivity contribution in [3.63, 3.8) is 0 Å². The maximum Gasteiger partial charge on any atom is 0.228 e. The van der Waals surface area contributed by atoms with Crippen LogP contribution in [-0.4, -0.2) is 36.9 Å². The van der Waals surface area contributed by atoms with Crippen LogP contribution in [0.1, 0.15) is 43.7 Å². The van der Waals surface area contributed by atoms with E-state index in [-0.39, 0.29) is 23.8 Å². The van der Waals surface area contributed by atoms with E-state index < -0.39 is 0 Å². The lowest BCUT2D eigenvalue weighted by molar-refractivity contribution is -0.139. The maximum absolute atomic E-state index is 13.5. The van der Waals surface area contributed by atoms with Gasteiger partial charge >= 0.3 is 0 Å². The highest BCUT2D eigenvalue weighted by molar-refractivity contribution is 5.97. The maximum atomic E-state index is 13.5. The number of hydrogen-bond donors (Lipinski definition) is 0. The molecule has 2 saturated heterocycles. The van der Waals surface area contributed by atoms with Gasteiger partial charge < -0.3 is 14.5 Å². The minimum absolute atomic E-state index is 0.0618. The Balaban J connectivity index is 1.72. The van der Waals surface area contributed by atoms with Gasteiger partial charge in [0.2, 0.25) is 11.8 Å². The molecule has 5 nitrogen and oxygen atoms in total. The molecule has 0 aliphatic carbocycles. The van der Waals surface area contributed by atoms with Gasteiger partial charge in [-0.05, 0) is 55.5 Å². The van der Waals surface area contributed by atoms with Crippen LogP contribution < -0.4 is 9.64 Å². The summed E-state index contributed by atoms with van der Waals surface area (Å²) in [4.78, 5) is 30.4. The van der Waals surface area contributed by atoms with Crippen molar-refractivity contribution in [2.75, 3.05) is 25.1 Å². The zero-order valence-corrected chi connectivity index (χ0v) is 16.9. The molecule has 0 aromatic heterocycles. The number of rotatable bonds is 4.